The maximum Gasteiger partial charge on any atom is 0.397 e. The molecule has 2 aliphatic heterocycles. The predicted molar refractivity (Wildman–Crippen MR) is 106 cm³/mol. The van der Waals surface area contributed by atoms with Crippen molar-refractivity contribution in [3.63, 3.8) is 0 Å². The summed E-state index contributed by atoms with van der Waals surface area (Å²) >= 11 is 0. The lowest BCUT2D eigenvalue weighted by atomic mass is 9.83. The Balaban J connectivity index is 1.50. The van der Waals surface area contributed by atoms with Crippen LogP contribution >= 0.6 is 0 Å². The van der Waals surface area contributed by atoms with Gasteiger partial charge in [-0.25, -0.2) is 4.79 Å². The lowest BCUT2D eigenvalue weighted by Gasteiger charge is -2.44. The van der Waals surface area contributed by atoms with Gasteiger partial charge in [-0.05, 0) is 75.9 Å². The zero-order valence-electron chi connectivity index (χ0n) is 16.4. The third-order valence-corrected chi connectivity index (χ3v) is 5.62. The Bertz CT molecular complexity index is 702. The Hall–Kier alpha value is -2.41. The van der Waals surface area contributed by atoms with E-state index >= 15 is 0 Å². The van der Waals surface area contributed by atoms with Crippen molar-refractivity contribution in [1.82, 2.24) is 10.2 Å². The summed E-state index contributed by atoms with van der Waals surface area (Å²) in [6.45, 7) is 4.85. The fourth-order valence-corrected chi connectivity index (χ4v) is 4.22. The van der Waals surface area contributed by atoms with E-state index in [1.807, 2.05) is 0 Å². The van der Waals surface area contributed by atoms with Crippen LogP contribution in [-0.2, 0) is 14.3 Å². The van der Waals surface area contributed by atoms with E-state index in [1.165, 1.54) is 45.2 Å². The minimum Gasteiger partial charge on any atom is -0.459 e. The summed E-state index contributed by atoms with van der Waals surface area (Å²) in [5, 5.41) is 5.53. The maximum absolute atomic E-state index is 12.5. The molecule has 2 N–H and O–H groups in total. The van der Waals surface area contributed by atoms with E-state index in [0.717, 1.165) is 0 Å². The van der Waals surface area contributed by atoms with Gasteiger partial charge in [0.1, 0.15) is 0 Å². The van der Waals surface area contributed by atoms with Gasteiger partial charge in [-0.2, -0.15) is 0 Å². The highest BCUT2D eigenvalue weighted by Crippen LogP contribution is 2.30. The zero-order valence-corrected chi connectivity index (χ0v) is 16.4. The highest BCUT2D eigenvalue weighted by Gasteiger charge is 2.32. The summed E-state index contributed by atoms with van der Waals surface area (Å²) in [6, 6.07) is 7.10. The lowest BCUT2D eigenvalue weighted by Crippen LogP contribution is -2.51. The van der Waals surface area contributed by atoms with Gasteiger partial charge in [0.2, 0.25) is 0 Å². The van der Waals surface area contributed by atoms with Crippen LogP contribution < -0.4 is 10.6 Å². The van der Waals surface area contributed by atoms with E-state index in [2.05, 4.69) is 20.3 Å². The van der Waals surface area contributed by atoms with Gasteiger partial charge in [-0.1, -0.05) is 6.42 Å². The summed E-state index contributed by atoms with van der Waals surface area (Å²) in [5.41, 5.74) is 0.977. The van der Waals surface area contributed by atoms with Gasteiger partial charge < -0.3 is 20.3 Å². The number of nitrogens with zero attached hydrogens (tertiary/aromatic N) is 1. The SMILES string of the molecule is CCOC(=O)C(=O)Nc1ccc(C(=O)NC[C@@H]2CCCN3CCCC[C@H]23)cc1. The van der Waals surface area contributed by atoms with Crippen LogP contribution in [0.15, 0.2) is 24.3 Å². The van der Waals surface area contributed by atoms with Crippen molar-refractivity contribution in [2.45, 2.75) is 45.1 Å². The van der Waals surface area contributed by atoms with Gasteiger partial charge in [-0.15, -0.1) is 0 Å². The van der Waals surface area contributed by atoms with Crippen LogP contribution in [-0.4, -0.2) is 55.0 Å². The highest BCUT2D eigenvalue weighted by molar-refractivity contribution is 6.37. The lowest BCUT2D eigenvalue weighted by molar-refractivity contribution is -0.152. The molecule has 0 saturated carbocycles. The first-order chi connectivity index (χ1) is 13.6. The molecule has 0 unspecified atom stereocenters. The van der Waals surface area contributed by atoms with E-state index in [-0.39, 0.29) is 12.5 Å². The number of hydrogen-bond acceptors (Lipinski definition) is 5. The van der Waals surface area contributed by atoms with Crippen LogP contribution in [0.5, 0.6) is 0 Å². The summed E-state index contributed by atoms with van der Waals surface area (Å²) in [7, 11) is 0. The largest absolute Gasteiger partial charge is 0.459 e. The van der Waals surface area contributed by atoms with Crippen LogP contribution in [0, 0.1) is 5.92 Å². The van der Waals surface area contributed by atoms with Crippen molar-refractivity contribution < 1.29 is 19.1 Å². The predicted octanol–water partition coefficient (Wildman–Crippen LogP) is 2.18. The fraction of sp³-hybridized carbons (Fsp3) is 0.571. The molecule has 3 rings (SSSR count). The Morgan fingerprint density at radius 1 is 1.07 bits per heavy atom. The molecule has 7 heteroatoms. The van der Waals surface area contributed by atoms with E-state index in [9.17, 15) is 14.4 Å². The van der Waals surface area contributed by atoms with E-state index < -0.39 is 11.9 Å². The third kappa shape index (κ3) is 5.10. The van der Waals surface area contributed by atoms with E-state index in [0.29, 0.717) is 29.8 Å². The zero-order chi connectivity index (χ0) is 19.9. The van der Waals surface area contributed by atoms with Crippen molar-refractivity contribution in [1.29, 1.82) is 0 Å². The average molecular weight is 387 g/mol. The number of nitrogens with one attached hydrogen (secondary N) is 2. The molecule has 7 nitrogen and oxygen atoms in total. The van der Waals surface area contributed by atoms with Gasteiger partial charge >= 0.3 is 11.9 Å². The van der Waals surface area contributed by atoms with Crippen molar-refractivity contribution in [3.8, 4) is 0 Å². The van der Waals surface area contributed by atoms with Crippen molar-refractivity contribution in [2.75, 3.05) is 31.6 Å². The molecule has 2 saturated heterocycles. The number of amides is 2. The second-order valence-electron chi connectivity index (χ2n) is 7.46. The van der Waals surface area contributed by atoms with Crippen LogP contribution in [0.25, 0.3) is 0 Å². The fourth-order valence-electron chi connectivity index (χ4n) is 4.22. The summed E-state index contributed by atoms with van der Waals surface area (Å²) < 4.78 is 4.65. The maximum atomic E-state index is 12.5. The molecule has 2 fully saturated rings. The molecule has 2 heterocycles. The third-order valence-electron chi connectivity index (χ3n) is 5.62. The first-order valence-electron chi connectivity index (χ1n) is 10.2. The Morgan fingerprint density at radius 3 is 2.57 bits per heavy atom. The summed E-state index contributed by atoms with van der Waals surface area (Å²) in [5.74, 6) is -1.35. The van der Waals surface area contributed by atoms with Crippen LogP contribution in [0.2, 0.25) is 0 Å². The first-order valence-corrected chi connectivity index (χ1v) is 10.2. The topological polar surface area (TPSA) is 87.7 Å². The van der Waals surface area contributed by atoms with Crippen molar-refractivity contribution in [3.05, 3.63) is 29.8 Å². The van der Waals surface area contributed by atoms with Crippen LogP contribution in [0.4, 0.5) is 5.69 Å². The molecule has 2 aliphatic rings. The first kappa shape index (κ1) is 20.3. The number of esters is 1. The van der Waals surface area contributed by atoms with Gasteiger partial charge in [0.15, 0.2) is 0 Å². The monoisotopic (exact) mass is 387 g/mol. The molecule has 0 bridgehead atoms. The van der Waals surface area contributed by atoms with Crippen molar-refractivity contribution in [2.24, 2.45) is 5.92 Å². The van der Waals surface area contributed by atoms with Crippen LogP contribution in [0.1, 0.15) is 49.4 Å². The van der Waals surface area contributed by atoms with Gasteiger partial charge in [0.25, 0.3) is 5.91 Å². The molecule has 0 radical (unpaired) electrons. The summed E-state index contributed by atoms with van der Waals surface area (Å²) in [4.78, 5) is 38.1. The molecule has 1 aromatic carbocycles. The molecule has 0 spiro atoms. The molecular formula is C21H29N3O4. The number of anilines is 1. The normalized spacial score (nSPS) is 22.0. The average Bonchev–Trinajstić information content (AvgIpc) is 2.72. The number of carbonyl (C=O) groups excluding carboxylic acids is 3. The van der Waals surface area contributed by atoms with E-state index in [4.69, 9.17) is 0 Å². The minimum absolute atomic E-state index is 0.115. The standard InChI is InChI=1S/C21H29N3O4/c1-2-28-21(27)20(26)23-17-10-8-15(9-11-17)19(25)22-14-16-6-5-13-24-12-4-3-7-18(16)24/h8-11,16,18H,2-7,12-14H2,1H3,(H,22,25)(H,23,26)/t16-,18+/m0/s1. The smallest absolute Gasteiger partial charge is 0.397 e. The summed E-state index contributed by atoms with van der Waals surface area (Å²) in [6.07, 6.45) is 6.17. The number of piperidine rings is 2. The molecule has 2 amide bonds. The minimum atomic E-state index is -0.923. The van der Waals surface area contributed by atoms with Gasteiger partial charge in [0, 0.05) is 23.8 Å². The van der Waals surface area contributed by atoms with E-state index in [1.54, 1.807) is 31.2 Å². The number of rotatable bonds is 5. The number of hydrogen-bond donors (Lipinski definition) is 2. The molecule has 0 aromatic heterocycles. The molecule has 0 aliphatic carbocycles. The Kier molecular flexibility index (Phi) is 7.03. The molecule has 152 valence electrons. The second kappa shape index (κ2) is 9.68. The molecular weight excluding hydrogens is 358 g/mol. The highest BCUT2D eigenvalue weighted by atomic mass is 16.5. The molecule has 1 aromatic rings. The van der Waals surface area contributed by atoms with Crippen molar-refractivity contribution >= 4 is 23.5 Å². The Labute approximate surface area is 165 Å². The quantitative estimate of drug-likeness (QED) is 0.597. The Morgan fingerprint density at radius 2 is 1.82 bits per heavy atom. The second-order valence-corrected chi connectivity index (χ2v) is 7.46. The number of carbonyl (C=O) groups is 3. The molecule has 28 heavy (non-hydrogen) atoms. The number of fused-ring (bicyclic) bond motifs is 1. The number of ether oxygens (including phenoxy) is 1. The number of benzene rings is 1. The van der Waals surface area contributed by atoms with Crippen LogP contribution in [0.3, 0.4) is 0 Å². The molecule has 2 atom stereocenters. The van der Waals surface area contributed by atoms with Gasteiger partial charge in [-0.3, -0.25) is 9.59 Å². The van der Waals surface area contributed by atoms with Gasteiger partial charge in [0.05, 0.1) is 6.61 Å².